The van der Waals surface area contributed by atoms with Crippen LogP contribution in [0.2, 0.25) is 0 Å². The number of likely N-dealkylation sites (tertiary alicyclic amines) is 1. The number of carbonyl (C=O) groups excluding carboxylic acids is 1. The average Bonchev–Trinajstić information content (AvgIpc) is 2.42. The van der Waals surface area contributed by atoms with Crippen molar-refractivity contribution in [3.63, 3.8) is 0 Å². The minimum atomic E-state index is -0.297. The first kappa shape index (κ1) is 15.5. The van der Waals surface area contributed by atoms with Gasteiger partial charge < -0.3 is 10.6 Å². The molecule has 0 aliphatic carbocycles. The number of hydrogen-bond donors (Lipinski definition) is 1. The van der Waals surface area contributed by atoms with Crippen molar-refractivity contribution in [3.8, 4) is 0 Å². The maximum atomic E-state index is 12.4. The minimum Gasteiger partial charge on any atom is -0.341 e. The Kier molecular flexibility index (Phi) is 5.64. The van der Waals surface area contributed by atoms with Crippen molar-refractivity contribution < 1.29 is 4.79 Å². The third-order valence-electron chi connectivity index (χ3n) is 3.91. The Morgan fingerprint density at radius 3 is 2.78 bits per heavy atom. The number of nitrogens with two attached hydrogens (primary N) is 1. The van der Waals surface area contributed by atoms with Crippen LogP contribution in [0.4, 0.5) is 0 Å². The van der Waals surface area contributed by atoms with Gasteiger partial charge in [-0.3, -0.25) is 4.79 Å². The van der Waals surface area contributed by atoms with Crippen molar-refractivity contribution in [2.24, 2.45) is 17.1 Å². The van der Waals surface area contributed by atoms with Gasteiger partial charge in [0.05, 0.1) is 6.04 Å². The molecule has 3 nitrogen and oxygen atoms in total. The quantitative estimate of drug-likeness (QED) is 0.838. The molecule has 2 N–H and O–H groups in total. The third kappa shape index (κ3) is 4.60. The van der Waals surface area contributed by atoms with Gasteiger partial charge in [0.2, 0.25) is 5.91 Å². The lowest BCUT2D eigenvalue weighted by Gasteiger charge is -2.31. The second kappa shape index (κ2) is 6.55. The van der Waals surface area contributed by atoms with E-state index < -0.39 is 0 Å². The number of carbonyl (C=O) groups is 1. The van der Waals surface area contributed by atoms with E-state index in [4.69, 9.17) is 5.73 Å². The van der Waals surface area contributed by atoms with E-state index in [0.29, 0.717) is 5.92 Å². The summed E-state index contributed by atoms with van der Waals surface area (Å²) in [6.45, 7) is 10.7. The van der Waals surface area contributed by atoms with E-state index in [9.17, 15) is 4.79 Å². The Balaban J connectivity index is 2.61. The largest absolute Gasteiger partial charge is 0.341 e. The van der Waals surface area contributed by atoms with E-state index >= 15 is 0 Å². The van der Waals surface area contributed by atoms with Gasteiger partial charge in [0.1, 0.15) is 0 Å². The molecule has 1 saturated heterocycles. The van der Waals surface area contributed by atoms with Crippen LogP contribution in [0.1, 0.15) is 59.8 Å². The average molecular weight is 254 g/mol. The lowest BCUT2D eigenvalue weighted by molar-refractivity contribution is -0.133. The van der Waals surface area contributed by atoms with E-state index in [1.165, 1.54) is 6.42 Å². The fourth-order valence-corrected chi connectivity index (χ4v) is 3.05. The zero-order chi connectivity index (χ0) is 13.8. The van der Waals surface area contributed by atoms with Crippen LogP contribution in [-0.4, -0.2) is 29.9 Å². The van der Waals surface area contributed by atoms with Crippen LogP contribution in [0.3, 0.4) is 0 Å². The summed E-state index contributed by atoms with van der Waals surface area (Å²) in [5.41, 5.74) is 6.24. The molecule has 1 fully saturated rings. The minimum absolute atomic E-state index is 0.158. The molecule has 1 aliphatic rings. The number of nitrogens with zero attached hydrogens (tertiary/aromatic N) is 1. The first-order chi connectivity index (χ1) is 8.35. The number of rotatable bonds is 4. The summed E-state index contributed by atoms with van der Waals surface area (Å²) in [7, 11) is 0. The van der Waals surface area contributed by atoms with Crippen molar-refractivity contribution in [2.75, 3.05) is 13.1 Å². The second-order valence-corrected chi connectivity index (χ2v) is 6.77. The maximum absolute atomic E-state index is 12.4. The molecule has 2 unspecified atom stereocenters. The van der Waals surface area contributed by atoms with E-state index in [-0.39, 0.29) is 17.4 Å². The van der Waals surface area contributed by atoms with E-state index in [0.717, 1.165) is 38.8 Å². The van der Waals surface area contributed by atoms with Crippen LogP contribution in [0.25, 0.3) is 0 Å². The van der Waals surface area contributed by atoms with Crippen LogP contribution in [0.5, 0.6) is 0 Å². The molecule has 2 atom stereocenters. The third-order valence-corrected chi connectivity index (χ3v) is 3.91. The molecule has 0 radical (unpaired) electrons. The Bertz CT molecular complexity index is 276. The molecule has 18 heavy (non-hydrogen) atoms. The Hall–Kier alpha value is -0.570. The molecule has 0 aromatic heterocycles. The molecule has 3 heteroatoms. The van der Waals surface area contributed by atoms with Gasteiger partial charge in [0.15, 0.2) is 0 Å². The summed E-state index contributed by atoms with van der Waals surface area (Å²) in [6, 6.07) is -0.297. The molecule has 1 aliphatic heterocycles. The van der Waals surface area contributed by atoms with Crippen molar-refractivity contribution in [1.82, 2.24) is 4.90 Å². The first-order valence-electron chi connectivity index (χ1n) is 7.40. The predicted molar refractivity (Wildman–Crippen MR) is 76.3 cm³/mol. The van der Waals surface area contributed by atoms with Crippen LogP contribution < -0.4 is 5.73 Å². The van der Waals surface area contributed by atoms with Crippen LogP contribution >= 0.6 is 0 Å². The highest BCUT2D eigenvalue weighted by molar-refractivity contribution is 5.81. The van der Waals surface area contributed by atoms with Gasteiger partial charge in [0.25, 0.3) is 0 Å². The van der Waals surface area contributed by atoms with Gasteiger partial charge in [0, 0.05) is 13.1 Å². The summed E-state index contributed by atoms with van der Waals surface area (Å²) >= 11 is 0. The van der Waals surface area contributed by atoms with Gasteiger partial charge in [-0.25, -0.2) is 0 Å². The van der Waals surface area contributed by atoms with Gasteiger partial charge in [-0.1, -0.05) is 40.5 Å². The highest BCUT2D eigenvalue weighted by atomic mass is 16.2. The van der Waals surface area contributed by atoms with Gasteiger partial charge in [-0.05, 0) is 30.6 Å². The summed E-state index contributed by atoms with van der Waals surface area (Å²) < 4.78 is 0. The molecule has 0 saturated carbocycles. The van der Waals surface area contributed by atoms with Gasteiger partial charge in [-0.15, -0.1) is 0 Å². The van der Waals surface area contributed by atoms with Crippen LogP contribution in [0, 0.1) is 11.3 Å². The topological polar surface area (TPSA) is 46.3 Å². The SMILES string of the molecule is CCCCC(N)C(=O)N1CCC(C)CC(C)(C)C1. The molecule has 0 aromatic carbocycles. The molecule has 0 spiro atoms. The molecule has 1 amide bonds. The smallest absolute Gasteiger partial charge is 0.239 e. The van der Waals surface area contributed by atoms with Gasteiger partial charge in [-0.2, -0.15) is 0 Å². The monoisotopic (exact) mass is 254 g/mol. The van der Waals surface area contributed by atoms with Crippen molar-refractivity contribution in [3.05, 3.63) is 0 Å². The molecular formula is C15H30N2O. The lowest BCUT2D eigenvalue weighted by atomic mass is 9.83. The Labute approximate surface area is 112 Å². The van der Waals surface area contributed by atoms with Crippen molar-refractivity contribution >= 4 is 5.91 Å². The highest BCUT2D eigenvalue weighted by Gasteiger charge is 2.31. The highest BCUT2D eigenvalue weighted by Crippen LogP contribution is 2.31. The maximum Gasteiger partial charge on any atom is 0.239 e. The molecule has 0 bridgehead atoms. The Morgan fingerprint density at radius 2 is 2.17 bits per heavy atom. The molecule has 1 rings (SSSR count). The summed E-state index contributed by atoms with van der Waals surface area (Å²) in [4.78, 5) is 14.4. The van der Waals surface area contributed by atoms with E-state index in [1.54, 1.807) is 0 Å². The van der Waals surface area contributed by atoms with E-state index in [2.05, 4.69) is 27.7 Å². The number of amides is 1. The molecule has 0 aromatic rings. The normalized spacial score (nSPS) is 25.6. The van der Waals surface area contributed by atoms with Crippen molar-refractivity contribution in [1.29, 1.82) is 0 Å². The number of unbranched alkanes of at least 4 members (excludes halogenated alkanes) is 1. The van der Waals surface area contributed by atoms with Crippen LogP contribution in [-0.2, 0) is 4.79 Å². The fourth-order valence-electron chi connectivity index (χ4n) is 3.05. The zero-order valence-electron chi connectivity index (χ0n) is 12.5. The summed E-state index contributed by atoms with van der Waals surface area (Å²) in [5, 5.41) is 0. The predicted octanol–water partition coefficient (Wildman–Crippen LogP) is 2.79. The fraction of sp³-hybridized carbons (Fsp3) is 0.933. The second-order valence-electron chi connectivity index (χ2n) is 6.77. The standard InChI is InChI=1S/C15H30N2O/c1-5-6-7-13(16)14(18)17-9-8-12(2)10-15(3,4)11-17/h12-13H,5-11,16H2,1-4H3. The summed E-state index contributed by atoms with van der Waals surface area (Å²) in [6.07, 6.45) is 5.27. The van der Waals surface area contributed by atoms with E-state index in [1.807, 2.05) is 4.90 Å². The zero-order valence-corrected chi connectivity index (χ0v) is 12.5. The molecule has 106 valence electrons. The lowest BCUT2D eigenvalue weighted by Crippen LogP contribution is -2.46. The first-order valence-corrected chi connectivity index (χ1v) is 7.40. The summed E-state index contributed by atoms with van der Waals surface area (Å²) in [5.74, 6) is 0.857. The number of hydrogen-bond acceptors (Lipinski definition) is 2. The van der Waals surface area contributed by atoms with Gasteiger partial charge >= 0.3 is 0 Å². The molecule has 1 heterocycles. The molecular weight excluding hydrogens is 224 g/mol. The Morgan fingerprint density at radius 1 is 1.50 bits per heavy atom. The van der Waals surface area contributed by atoms with Crippen LogP contribution in [0.15, 0.2) is 0 Å². The van der Waals surface area contributed by atoms with Crippen molar-refractivity contribution in [2.45, 2.75) is 65.8 Å².